The Morgan fingerprint density at radius 1 is 1.36 bits per heavy atom. The molecule has 122 valence electrons. The van der Waals surface area contributed by atoms with E-state index in [-0.39, 0.29) is 11.8 Å². The fourth-order valence-corrected chi connectivity index (χ4v) is 3.68. The Kier molecular flexibility index (Phi) is 5.47. The third-order valence-electron chi connectivity index (χ3n) is 4.06. The zero-order chi connectivity index (χ0) is 16.3. The summed E-state index contributed by atoms with van der Waals surface area (Å²) in [5, 5.41) is 3.57. The first-order chi connectivity index (χ1) is 10.3. The van der Waals surface area contributed by atoms with Crippen LogP contribution in [0.5, 0.6) is 0 Å². The van der Waals surface area contributed by atoms with Crippen molar-refractivity contribution in [3.63, 3.8) is 0 Å². The average Bonchev–Trinajstić information content (AvgIpc) is 2.47. The van der Waals surface area contributed by atoms with Gasteiger partial charge in [-0.3, -0.25) is 4.79 Å². The predicted molar refractivity (Wildman–Crippen MR) is 87.2 cm³/mol. The summed E-state index contributed by atoms with van der Waals surface area (Å²) in [5.74, 6) is -0.148. The standard InChI is InChI=1S/C15H21ClN2O3S/c1-11-3-4-14(16)9-13(11)10-17-15(19)12-5-7-18(8-6-12)22(2,20)21/h3-4,9,12H,5-8,10H2,1-2H3,(H,17,19). The Labute approximate surface area is 136 Å². The van der Waals surface area contributed by atoms with E-state index < -0.39 is 10.0 Å². The molecule has 0 spiro atoms. The van der Waals surface area contributed by atoms with Crippen molar-refractivity contribution in [3.05, 3.63) is 34.3 Å². The van der Waals surface area contributed by atoms with Crippen LogP contribution in [0.3, 0.4) is 0 Å². The molecular weight excluding hydrogens is 324 g/mol. The van der Waals surface area contributed by atoms with Gasteiger partial charge in [0.25, 0.3) is 0 Å². The number of sulfonamides is 1. The minimum atomic E-state index is -3.15. The fourth-order valence-electron chi connectivity index (χ4n) is 2.61. The molecule has 1 aromatic rings. The van der Waals surface area contributed by atoms with Gasteiger partial charge in [-0.15, -0.1) is 0 Å². The summed E-state index contributed by atoms with van der Waals surface area (Å²) in [4.78, 5) is 12.2. The lowest BCUT2D eigenvalue weighted by atomic mass is 9.97. The summed E-state index contributed by atoms with van der Waals surface area (Å²) in [6, 6.07) is 5.60. The lowest BCUT2D eigenvalue weighted by Crippen LogP contribution is -2.42. The number of piperidine rings is 1. The molecule has 0 aromatic heterocycles. The molecule has 2 rings (SSSR count). The zero-order valence-electron chi connectivity index (χ0n) is 12.8. The number of aryl methyl sites for hydroxylation is 1. The molecule has 1 N–H and O–H groups in total. The minimum absolute atomic E-state index is 0.0208. The van der Waals surface area contributed by atoms with Crippen LogP contribution in [0.2, 0.25) is 5.02 Å². The van der Waals surface area contributed by atoms with E-state index >= 15 is 0 Å². The van der Waals surface area contributed by atoms with E-state index in [1.165, 1.54) is 10.6 Å². The van der Waals surface area contributed by atoms with Gasteiger partial charge in [-0.25, -0.2) is 12.7 Å². The van der Waals surface area contributed by atoms with Crippen LogP contribution >= 0.6 is 11.6 Å². The molecule has 1 aromatic carbocycles. The second kappa shape index (κ2) is 6.98. The summed E-state index contributed by atoms with van der Waals surface area (Å²) in [5.41, 5.74) is 2.08. The van der Waals surface area contributed by atoms with Gasteiger partial charge in [0.1, 0.15) is 0 Å². The second-order valence-electron chi connectivity index (χ2n) is 5.72. The maximum Gasteiger partial charge on any atom is 0.223 e. The van der Waals surface area contributed by atoms with Crippen LogP contribution in [0.25, 0.3) is 0 Å². The molecule has 1 aliphatic rings. The van der Waals surface area contributed by atoms with Crippen LogP contribution in [0.4, 0.5) is 0 Å². The molecule has 0 saturated carbocycles. The van der Waals surface area contributed by atoms with Gasteiger partial charge < -0.3 is 5.32 Å². The Hall–Kier alpha value is -1.11. The monoisotopic (exact) mass is 344 g/mol. The second-order valence-corrected chi connectivity index (χ2v) is 8.14. The van der Waals surface area contributed by atoms with Crippen molar-refractivity contribution in [3.8, 4) is 0 Å². The molecule has 0 radical (unpaired) electrons. The van der Waals surface area contributed by atoms with Crippen LogP contribution in [-0.2, 0) is 21.4 Å². The smallest absolute Gasteiger partial charge is 0.223 e. The van der Waals surface area contributed by atoms with Crippen LogP contribution in [0.15, 0.2) is 18.2 Å². The molecule has 0 unspecified atom stereocenters. The lowest BCUT2D eigenvalue weighted by molar-refractivity contribution is -0.126. The van der Waals surface area contributed by atoms with E-state index in [0.717, 1.165) is 11.1 Å². The Morgan fingerprint density at radius 2 is 2.00 bits per heavy atom. The molecule has 0 bridgehead atoms. The third kappa shape index (κ3) is 4.44. The summed E-state index contributed by atoms with van der Waals surface area (Å²) in [6.07, 6.45) is 2.33. The maximum absolute atomic E-state index is 12.2. The number of carbonyl (C=O) groups excluding carboxylic acids is 1. The van der Waals surface area contributed by atoms with Gasteiger partial charge in [0.2, 0.25) is 15.9 Å². The largest absolute Gasteiger partial charge is 0.352 e. The highest BCUT2D eigenvalue weighted by Gasteiger charge is 2.28. The molecule has 1 heterocycles. The molecular formula is C15H21ClN2O3S. The number of rotatable bonds is 4. The van der Waals surface area contributed by atoms with Gasteiger partial charge in [0.15, 0.2) is 0 Å². The quantitative estimate of drug-likeness (QED) is 0.907. The van der Waals surface area contributed by atoms with Crippen LogP contribution in [0, 0.1) is 12.8 Å². The number of carbonyl (C=O) groups is 1. The number of amides is 1. The van der Waals surface area contributed by atoms with Crippen LogP contribution in [-0.4, -0.2) is 38.0 Å². The number of hydrogen-bond acceptors (Lipinski definition) is 3. The minimum Gasteiger partial charge on any atom is -0.352 e. The van der Waals surface area contributed by atoms with Gasteiger partial charge in [0.05, 0.1) is 6.26 Å². The first kappa shape index (κ1) is 17.2. The van der Waals surface area contributed by atoms with Crippen molar-refractivity contribution in [1.82, 2.24) is 9.62 Å². The molecule has 1 aliphatic heterocycles. The summed E-state index contributed by atoms with van der Waals surface area (Å²) < 4.78 is 24.3. The summed E-state index contributed by atoms with van der Waals surface area (Å²) in [6.45, 7) is 3.24. The third-order valence-corrected chi connectivity index (χ3v) is 5.60. The normalized spacial score (nSPS) is 17.4. The molecule has 1 saturated heterocycles. The molecule has 1 fully saturated rings. The van der Waals surface area contributed by atoms with Crippen molar-refractivity contribution >= 4 is 27.5 Å². The Morgan fingerprint density at radius 3 is 2.59 bits per heavy atom. The predicted octanol–water partition coefficient (Wildman–Crippen LogP) is 1.94. The lowest BCUT2D eigenvalue weighted by Gasteiger charge is -2.29. The van der Waals surface area contributed by atoms with Gasteiger partial charge in [-0.1, -0.05) is 17.7 Å². The summed E-state index contributed by atoms with van der Waals surface area (Å²) >= 11 is 5.96. The van der Waals surface area contributed by atoms with Gasteiger partial charge in [0, 0.05) is 30.6 Å². The van der Waals surface area contributed by atoms with Gasteiger partial charge >= 0.3 is 0 Å². The molecule has 0 aliphatic carbocycles. The highest BCUT2D eigenvalue weighted by Crippen LogP contribution is 2.20. The van der Waals surface area contributed by atoms with E-state index in [4.69, 9.17) is 11.6 Å². The average molecular weight is 345 g/mol. The van der Waals surface area contributed by atoms with Crippen LogP contribution < -0.4 is 5.32 Å². The first-order valence-corrected chi connectivity index (χ1v) is 9.48. The number of benzene rings is 1. The Bertz CT molecular complexity index is 653. The van der Waals surface area contributed by atoms with E-state index in [1.807, 2.05) is 25.1 Å². The number of nitrogens with one attached hydrogen (secondary N) is 1. The van der Waals surface area contributed by atoms with Crippen molar-refractivity contribution in [2.75, 3.05) is 19.3 Å². The van der Waals surface area contributed by atoms with E-state index in [2.05, 4.69) is 5.32 Å². The molecule has 22 heavy (non-hydrogen) atoms. The number of hydrogen-bond donors (Lipinski definition) is 1. The number of halogens is 1. The molecule has 1 amide bonds. The fraction of sp³-hybridized carbons (Fsp3) is 0.533. The van der Waals surface area contributed by atoms with E-state index in [1.54, 1.807) is 0 Å². The molecule has 5 nitrogen and oxygen atoms in total. The van der Waals surface area contributed by atoms with Crippen molar-refractivity contribution in [2.45, 2.75) is 26.3 Å². The van der Waals surface area contributed by atoms with Crippen LogP contribution in [0.1, 0.15) is 24.0 Å². The van der Waals surface area contributed by atoms with Gasteiger partial charge in [-0.2, -0.15) is 0 Å². The Balaban J connectivity index is 1.87. The van der Waals surface area contributed by atoms with Crippen molar-refractivity contribution in [1.29, 1.82) is 0 Å². The maximum atomic E-state index is 12.2. The van der Waals surface area contributed by atoms with Gasteiger partial charge in [-0.05, 0) is 43.0 Å². The summed E-state index contributed by atoms with van der Waals surface area (Å²) in [7, 11) is -3.15. The van der Waals surface area contributed by atoms with Crippen molar-refractivity contribution < 1.29 is 13.2 Å². The van der Waals surface area contributed by atoms with E-state index in [9.17, 15) is 13.2 Å². The SMILES string of the molecule is Cc1ccc(Cl)cc1CNC(=O)C1CCN(S(C)(=O)=O)CC1. The topological polar surface area (TPSA) is 66.5 Å². The molecule has 7 heteroatoms. The van der Waals surface area contributed by atoms with E-state index in [0.29, 0.717) is 37.5 Å². The van der Waals surface area contributed by atoms with Crippen molar-refractivity contribution in [2.24, 2.45) is 5.92 Å². The highest BCUT2D eigenvalue weighted by atomic mass is 35.5. The molecule has 0 atom stereocenters. The highest BCUT2D eigenvalue weighted by molar-refractivity contribution is 7.88. The number of nitrogens with zero attached hydrogens (tertiary/aromatic N) is 1. The zero-order valence-corrected chi connectivity index (χ0v) is 14.4. The first-order valence-electron chi connectivity index (χ1n) is 7.25.